The van der Waals surface area contributed by atoms with Crippen molar-refractivity contribution in [3.63, 3.8) is 0 Å². The first kappa shape index (κ1) is 12.5. The molecule has 1 N–H and O–H groups in total. The fourth-order valence-corrected chi connectivity index (χ4v) is 1.72. The standard InChI is InChI=1S/C13H19ClO/c1-10(2)13(3,9-15)8-11-6-4-5-7-12(11)14/h4-7,10,15H,8-9H2,1-3H3. The zero-order valence-corrected chi connectivity index (χ0v) is 10.4. The third-order valence-corrected chi connectivity index (χ3v) is 3.68. The van der Waals surface area contributed by atoms with Crippen molar-refractivity contribution in [3.8, 4) is 0 Å². The first-order valence-corrected chi connectivity index (χ1v) is 5.71. The lowest BCUT2D eigenvalue weighted by atomic mass is 9.75. The molecule has 0 aliphatic rings. The third kappa shape index (κ3) is 2.96. The van der Waals surface area contributed by atoms with Gasteiger partial charge in [0.2, 0.25) is 0 Å². The lowest BCUT2D eigenvalue weighted by Crippen LogP contribution is -2.30. The molecule has 1 aromatic carbocycles. The second-order valence-corrected chi connectivity index (χ2v) is 5.14. The van der Waals surface area contributed by atoms with Gasteiger partial charge in [-0.15, -0.1) is 0 Å². The molecule has 0 aromatic heterocycles. The van der Waals surface area contributed by atoms with Crippen molar-refractivity contribution in [2.75, 3.05) is 6.61 Å². The number of benzene rings is 1. The highest BCUT2D eigenvalue weighted by atomic mass is 35.5. The maximum absolute atomic E-state index is 9.46. The van der Waals surface area contributed by atoms with E-state index in [0.29, 0.717) is 5.92 Å². The summed E-state index contributed by atoms with van der Waals surface area (Å²) in [6.45, 7) is 6.55. The van der Waals surface area contributed by atoms with E-state index in [9.17, 15) is 5.11 Å². The summed E-state index contributed by atoms with van der Waals surface area (Å²) >= 11 is 6.11. The van der Waals surface area contributed by atoms with Crippen molar-refractivity contribution in [2.24, 2.45) is 11.3 Å². The van der Waals surface area contributed by atoms with Gasteiger partial charge in [0.15, 0.2) is 0 Å². The molecule has 2 heteroatoms. The maximum Gasteiger partial charge on any atom is 0.0490 e. The first-order chi connectivity index (χ1) is 6.99. The second kappa shape index (κ2) is 5.00. The molecule has 84 valence electrons. The average molecular weight is 227 g/mol. The van der Waals surface area contributed by atoms with Crippen LogP contribution in [0.4, 0.5) is 0 Å². The topological polar surface area (TPSA) is 20.2 Å². The van der Waals surface area contributed by atoms with E-state index >= 15 is 0 Å². The molecule has 0 heterocycles. The van der Waals surface area contributed by atoms with Crippen molar-refractivity contribution >= 4 is 11.6 Å². The molecule has 0 amide bonds. The van der Waals surface area contributed by atoms with E-state index in [1.165, 1.54) is 0 Å². The van der Waals surface area contributed by atoms with Crippen molar-refractivity contribution < 1.29 is 5.11 Å². The number of aliphatic hydroxyl groups is 1. The van der Waals surface area contributed by atoms with Crippen LogP contribution in [-0.4, -0.2) is 11.7 Å². The first-order valence-electron chi connectivity index (χ1n) is 5.34. The van der Waals surface area contributed by atoms with E-state index < -0.39 is 0 Å². The average Bonchev–Trinajstić information content (AvgIpc) is 2.21. The minimum absolute atomic E-state index is 0.0923. The minimum atomic E-state index is -0.0923. The van der Waals surface area contributed by atoms with E-state index in [1.54, 1.807) is 0 Å². The fourth-order valence-electron chi connectivity index (χ4n) is 1.52. The molecule has 1 rings (SSSR count). The SMILES string of the molecule is CC(C)C(C)(CO)Cc1ccccc1Cl. The van der Waals surface area contributed by atoms with Crippen LogP contribution in [0.5, 0.6) is 0 Å². The van der Waals surface area contributed by atoms with Crippen LogP contribution in [0.25, 0.3) is 0 Å². The third-order valence-electron chi connectivity index (χ3n) is 3.31. The van der Waals surface area contributed by atoms with Crippen molar-refractivity contribution in [3.05, 3.63) is 34.9 Å². The molecule has 1 aromatic rings. The Morgan fingerprint density at radius 3 is 2.40 bits per heavy atom. The molecule has 0 radical (unpaired) electrons. The van der Waals surface area contributed by atoms with Crippen LogP contribution in [0, 0.1) is 11.3 Å². The predicted molar refractivity (Wildman–Crippen MR) is 65.2 cm³/mol. The van der Waals surface area contributed by atoms with E-state index in [1.807, 2.05) is 24.3 Å². The smallest absolute Gasteiger partial charge is 0.0490 e. The predicted octanol–water partition coefficient (Wildman–Crippen LogP) is 3.54. The Kier molecular flexibility index (Phi) is 4.18. The molecular weight excluding hydrogens is 208 g/mol. The molecule has 0 spiro atoms. The van der Waals surface area contributed by atoms with Crippen LogP contribution < -0.4 is 0 Å². The quantitative estimate of drug-likeness (QED) is 0.833. The normalized spacial score (nSPS) is 15.3. The van der Waals surface area contributed by atoms with Gasteiger partial charge in [0.25, 0.3) is 0 Å². The molecule has 0 bridgehead atoms. The highest BCUT2D eigenvalue weighted by Gasteiger charge is 2.28. The summed E-state index contributed by atoms with van der Waals surface area (Å²) in [6, 6.07) is 7.84. The van der Waals surface area contributed by atoms with E-state index in [2.05, 4.69) is 20.8 Å². The molecule has 0 aliphatic carbocycles. The Bertz CT molecular complexity index is 322. The Hall–Kier alpha value is -0.530. The van der Waals surface area contributed by atoms with Crippen molar-refractivity contribution in [1.29, 1.82) is 0 Å². The van der Waals surface area contributed by atoms with E-state index in [0.717, 1.165) is 17.0 Å². The summed E-state index contributed by atoms with van der Waals surface area (Å²) in [7, 11) is 0. The van der Waals surface area contributed by atoms with Gasteiger partial charge in [0.1, 0.15) is 0 Å². The molecule has 1 atom stereocenters. The summed E-state index contributed by atoms with van der Waals surface area (Å²) in [5, 5.41) is 10.3. The summed E-state index contributed by atoms with van der Waals surface area (Å²) in [5.74, 6) is 0.429. The summed E-state index contributed by atoms with van der Waals surface area (Å²) in [5.41, 5.74) is 1.02. The van der Waals surface area contributed by atoms with Crippen LogP contribution >= 0.6 is 11.6 Å². The van der Waals surface area contributed by atoms with Crippen LogP contribution in [0.1, 0.15) is 26.3 Å². The lowest BCUT2D eigenvalue weighted by Gasteiger charge is -2.32. The Labute approximate surface area is 97.1 Å². The summed E-state index contributed by atoms with van der Waals surface area (Å²) in [4.78, 5) is 0. The van der Waals surface area contributed by atoms with Crippen LogP contribution in [-0.2, 0) is 6.42 Å². The molecular formula is C13H19ClO. The zero-order valence-electron chi connectivity index (χ0n) is 9.63. The second-order valence-electron chi connectivity index (χ2n) is 4.74. The summed E-state index contributed by atoms with van der Waals surface area (Å²) < 4.78 is 0. The Morgan fingerprint density at radius 2 is 1.93 bits per heavy atom. The molecule has 0 aliphatic heterocycles. The van der Waals surface area contributed by atoms with Crippen LogP contribution in [0.2, 0.25) is 5.02 Å². The van der Waals surface area contributed by atoms with Gasteiger partial charge in [0.05, 0.1) is 0 Å². The zero-order chi connectivity index (χ0) is 11.5. The number of halogens is 1. The maximum atomic E-state index is 9.46. The number of hydrogen-bond donors (Lipinski definition) is 1. The van der Waals surface area contributed by atoms with Crippen molar-refractivity contribution in [2.45, 2.75) is 27.2 Å². The van der Waals surface area contributed by atoms with Gasteiger partial charge in [-0.1, -0.05) is 50.6 Å². The largest absolute Gasteiger partial charge is 0.396 e. The van der Waals surface area contributed by atoms with E-state index in [-0.39, 0.29) is 12.0 Å². The molecule has 0 saturated heterocycles. The van der Waals surface area contributed by atoms with Crippen LogP contribution in [0.15, 0.2) is 24.3 Å². The number of rotatable bonds is 4. The van der Waals surface area contributed by atoms with Gasteiger partial charge >= 0.3 is 0 Å². The highest BCUT2D eigenvalue weighted by Crippen LogP contribution is 2.32. The fraction of sp³-hybridized carbons (Fsp3) is 0.538. The monoisotopic (exact) mass is 226 g/mol. The lowest BCUT2D eigenvalue weighted by molar-refractivity contribution is 0.0948. The Morgan fingerprint density at radius 1 is 1.33 bits per heavy atom. The van der Waals surface area contributed by atoms with Crippen molar-refractivity contribution in [1.82, 2.24) is 0 Å². The van der Waals surface area contributed by atoms with Gasteiger partial charge in [-0.25, -0.2) is 0 Å². The van der Waals surface area contributed by atoms with Gasteiger partial charge in [-0.3, -0.25) is 0 Å². The summed E-state index contributed by atoms with van der Waals surface area (Å²) in [6.07, 6.45) is 0.820. The van der Waals surface area contributed by atoms with E-state index in [4.69, 9.17) is 11.6 Å². The Balaban J connectivity index is 2.89. The van der Waals surface area contributed by atoms with Gasteiger partial charge in [-0.2, -0.15) is 0 Å². The highest BCUT2D eigenvalue weighted by molar-refractivity contribution is 6.31. The molecule has 15 heavy (non-hydrogen) atoms. The molecule has 0 saturated carbocycles. The molecule has 1 nitrogen and oxygen atoms in total. The number of hydrogen-bond acceptors (Lipinski definition) is 1. The molecule has 1 unspecified atom stereocenters. The molecule has 0 fully saturated rings. The number of aliphatic hydroxyl groups excluding tert-OH is 1. The minimum Gasteiger partial charge on any atom is -0.396 e. The van der Waals surface area contributed by atoms with Crippen LogP contribution in [0.3, 0.4) is 0 Å². The van der Waals surface area contributed by atoms with Gasteiger partial charge in [-0.05, 0) is 29.4 Å². The van der Waals surface area contributed by atoms with Gasteiger partial charge < -0.3 is 5.11 Å². The van der Waals surface area contributed by atoms with Gasteiger partial charge in [0, 0.05) is 11.6 Å².